The second-order valence-electron chi connectivity index (χ2n) is 4.32. The quantitative estimate of drug-likeness (QED) is 0.807. The maximum absolute atomic E-state index is 6.08. The van der Waals surface area contributed by atoms with E-state index in [-0.39, 0.29) is 0 Å². The number of rotatable bonds is 6. The number of aromatic nitrogens is 2. The van der Waals surface area contributed by atoms with Gasteiger partial charge in [0.25, 0.3) is 0 Å². The van der Waals surface area contributed by atoms with Crippen molar-refractivity contribution in [3.8, 4) is 0 Å². The van der Waals surface area contributed by atoms with Crippen LogP contribution in [-0.4, -0.2) is 23.4 Å². The molecule has 1 heterocycles. The Hall–Kier alpha value is -1.19. The summed E-state index contributed by atoms with van der Waals surface area (Å²) in [4.78, 5) is 2.22. The zero-order valence-electron chi connectivity index (χ0n) is 11.0. The molecular weight excluding hydrogens is 200 g/mol. The van der Waals surface area contributed by atoms with Gasteiger partial charge in [0, 0.05) is 20.1 Å². The van der Waals surface area contributed by atoms with Crippen LogP contribution >= 0.6 is 0 Å². The molecule has 2 N–H and O–H groups in total. The van der Waals surface area contributed by atoms with Crippen molar-refractivity contribution >= 4 is 11.5 Å². The van der Waals surface area contributed by atoms with Gasteiger partial charge in [0.2, 0.25) is 0 Å². The van der Waals surface area contributed by atoms with E-state index < -0.39 is 0 Å². The zero-order valence-corrected chi connectivity index (χ0v) is 11.0. The van der Waals surface area contributed by atoms with Gasteiger partial charge in [-0.25, -0.2) is 4.68 Å². The molecule has 1 rings (SSSR count). The fourth-order valence-electron chi connectivity index (χ4n) is 1.85. The minimum absolute atomic E-state index is 0.826. The van der Waals surface area contributed by atoms with Crippen molar-refractivity contribution in [1.29, 1.82) is 0 Å². The van der Waals surface area contributed by atoms with Gasteiger partial charge < -0.3 is 10.6 Å². The Morgan fingerprint density at radius 2 is 2.00 bits per heavy atom. The predicted molar refractivity (Wildman–Crippen MR) is 69.8 cm³/mol. The molecule has 4 heteroatoms. The molecule has 16 heavy (non-hydrogen) atoms. The molecule has 0 saturated carbocycles. The molecule has 92 valence electrons. The van der Waals surface area contributed by atoms with Gasteiger partial charge >= 0.3 is 0 Å². The lowest BCUT2D eigenvalue weighted by Gasteiger charge is -2.20. The van der Waals surface area contributed by atoms with Crippen LogP contribution in [-0.2, 0) is 6.54 Å². The molecule has 0 spiro atoms. The number of hydrogen-bond donors (Lipinski definition) is 1. The van der Waals surface area contributed by atoms with Crippen LogP contribution in [0.25, 0.3) is 0 Å². The Balaban J connectivity index is 2.90. The summed E-state index contributed by atoms with van der Waals surface area (Å²) in [6.07, 6.45) is 3.46. The molecule has 0 aliphatic rings. The predicted octanol–water partition coefficient (Wildman–Crippen LogP) is 2.42. The lowest BCUT2D eigenvalue weighted by molar-refractivity contribution is 0.588. The summed E-state index contributed by atoms with van der Waals surface area (Å²) < 4.78 is 2.03. The number of hydrogen-bond acceptors (Lipinski definition) is 3. The van der Waals surface area contributed by atoms with Crippen molar-refractivity contribution < 1.29 is 0 Å². The molecule has 0 amide bonds. The Kier molecular flexibility index (Phi) is 4.65. The van der Waals surface area contributed by atoms with E-state index in [1.54, 1.807) is 0 Å². The van der Waals surface area contributed by atoms with E-state index in [1.807, 2.05) is 11.6 Å². The lowest BCUT2D eigenvalue weighted by atomic mass is 10.3. The Morgan fingerprint density at radius 1 is 1.31 bits per heavy atom. The fraction of sp³-hybridized carbons (Fsp3) is 0.750. The maximum Gasteiger partial charge on any atom is 0.150 e. The van der Waals surface area contributed by atoms with E-state index in [2.05, 4.69) is 30.9 Å². The SMILES string of the molecule is CCCCN(C)c1c(N)c(C)nn1CCC. The molecule has 0 saturated heterocycles. The Labute approximate surface area is 98.4 Å². The van der Waals surface area contributed by atoms with Crippen molar-refractivity contribution in [2.24, 2.45) is 0 Å². The van der Waals surface area contributed by atoms with Gasteiger partial charge in [-0.1, -0.05) is 20.3 Å². The first-order valence-corrected chi connectivity index (χ1v) is 6.15. The number of nitrogen functional groups attached to an aromatic ring is 1. The van der Waals surface area contributed by atoms with Crippen LogP contribution in [0.4, 0.5) is 11.5 Å². The summed E-state index contributed by atoms with van der Waals surface area (Å²) in [6, 6.07) is 0. The first-order chi connectivity index (χ1) is 7.61. The van der Waals surface area contributed by atoms with Crippen molar-refractivity contribution in [2.45, 2.75) is 46.6 Å². The van der Waals surface area contributed by atoms with Crippen LogP contribution in [0.5, 0.6) is 0 Å². The largest absolute Gasteiger partial charge is 0.394 e. The molecule has 0 fully saturated rings. The summed E-state index contributed by atoms with van der Waals surface area (Å²) in [5.41, 5.74) is 7.84. The number of nitrogens with two attached hydrogens (primary N) is 1. The minimum Gasteiger partial charge on any atom is -0.394 e. The first kappa shape index (κ1) is 12.9. The monoisotopic (exact) mass is 224 g/mol. The number of unbranched alkanes of at least 4 members (excludes halogenated alkanes) is 1. The molecule has 0 aliphatic heterocycles. The molecule has 1 aromatic heterocycles. The minimum atomic E-state index is 0.826. The molecule has 0 bridgehead atoms. The van der Waals surface area contributed by atoms with E-state index in [0.717, 1.165) is 36.7 Å². The third kappa shape index (κ3) is 2.68. The number of anilines is 2. The summed E-state index contributed by atoms with van der Waals surface area (Å²) in [7, 11) is 2.09. The molecule has 0 unspecified atom stereocenters. The van der Waals surface area contributed by atoms with Gasteiger partial charge in [-0.2, -0.15) is 5.10 Å². The summed E-state index contributed by atoms with van der Waals surface area (Å²) >= 11 is 0. The molecule has 0 aromatic carbocycles. The maximum atomic E-state index is 6.08. The molecule has 0 aliphatic carbocycles. The summed E-state index contributed by atoms with van der Waals surface area (Å²) in [5.74, 6) is 1.08. The fourth-order valence-corrected chi connectivity index (χ4v) is 1.85. The second-order valence-corrected chi connectivity index (χ2v) is 4.32. The third-order valence-electron chi connectivity index (χ3n) is 2.79. The highest BCUT2D eigenvalue weighted by atomic mass is 15.4. The van der Waals surface area contributed by atoms with E-state index in [0.29, 0.717) is 0 Å². The highest BCUT2D eigenvalue weighted by Gasteiger charge is 2.15. The van der Waals surface area contributed by atoms with Crippen molar-refractivity contribution in [2.75, 3.05) is 24.2 Å². The summed E-state index contributed by atoms with van der Waals surface area (Å²) in [6.45, 7) is 8.30. The Morgan fingerprint density at radius 3 is 2.56 bits per heavy atom. The molecule has 1 aromatic rings. The smallest absolute Gasteiger partial charge is 0.150 e. The molecule has 4 nitrogen and oxygen atoms in total. The first-order valence-electron chi connectivity index (χ1n) is 6.15. The Bertz CT molecular complexity index is 330. The van der Waals surface area contributed by atoms with E-state index in [1.165, 1.54) is 12.8 Å². The highest BCUT2D eigenvalue weighted by Crippen LogP contribution is 2.25. The number of aryl methyl sites for hydroxylation is 2. The van der Waals surface area contributed by atoms with Gasteiger partial charge in [-0.3, -0.25) is 0 Å². The van der Waals surface area contributed by atoms with Gasteiger partial charge in [0.1, 0.15) is 5.82 Å². The van der Waals surface area contributed by atoms with Gasteiger partial charge in [0.15, 0.2) is 0 Å². The normalized spacial score (nSPS) is 10.8. The third-order valence-corrected chi connectivity index (χ3v) is 2.79. The standard InChI is InChI=1S/C12H24N4/c1-5-7-9-15(4)12-11(13)10(3)14-16(12)8-6-2/h5-9,13H2,1-4H3. The van der Waals surface area contributed by atoms with Crippen LogP contribution in [0.1, 0.15) is 38.8 Å². The van der Waals surface area contributed by atoms with Gasteiger partial charge in [-0.15, -0.1) is 0 Å². The van der Waals surface area contributed by atoms with Crippen LogP contribution in [0.2, 0.25) is 0 Å². The van der Waals surface area contributed by atoms with E-state index >= 15 is 0 Å². The molecule has 0 radical (unpaired) electrons. The number of nitrogens with zero attached hydrogens (tertiary/aromatic N) is 3. The van der Waals surface area contributed by atoms with Gasteiger partial charge in [0.05, 0.1) is 11.4 Å². The van der Waals surface area contributed by atoms with Gasteiger partial charge in [-0.05, 0) is 19.8 Å². The van der Waals surface area contributed by atoms with Crippen molar-refractivity contribution in [3.05, 3.63) is 5.69 Å². The van der Waals surface area contributed by atoms with Crippen molar-refractivity contribution in [3.63, 3.8) is 0 Å². The zero-order chi connectivity index (χ0) is 12.1. The summed E-state index contributed by atoms with van der Waals surface area (Å²) in [5, 5.41) is 4.48. The average Bonchev–Trinajstić information content (AvgIpc) is 2.52. The average molecular weight is 224 g/mol. The van der Waals surface area contributed by atoms with Crippen LogP contribution in [0.3, 0.4) is 0 Å². The van der Waals surface area contributed by atoms with Crippen LogP contribution < -0.4 is 10.6 Å². The lowest BCUT2D eigenvalue weighted by Crippen LogP contribution is -2.23. The topological polar surface area (TPSA) is 47.1 Å². The second kappa shape index (κ2) is 5.77. The van der Waals surface area contributed by atoms with E-state index in [4.69, 9.17) is 5.73 Å². The highest BCUT2D eigenvalue weighted by molar-refractivity contribution is 5.65. The van der Waals surface area contributed by atoms with E-state index in [9.17, 15) is 0 Å². The molecule has 0 atom stereocenters. The van der Waals surface area contributed by atoms with Crippen LogP contribution in [0, 0.1) is 6.92 Å². The van der Waals surface area contributed by atoms with Crippen LogP contribution in [0.15, 0.2) is 0 Å². The molecular formula is C12H24N4. The van der Waals surface area contributed by atoms with Crippen molar-refractivity contribution in [1.82, 2.24) is 9.78 Å².